The number of hydrogen-bond donors (Lipinski definition) is 1. The molecule has 0 spiro atoms. The minimum absolute atomic E-state index is 0.295. The molecular formula is C15H10F2O4. The Balaban J connectivity index is 2.19. The van der Waals surface area contributed by atoms with Crippen LogP contribution in [0.2, 0.25) is 0 Å². The van der Waals surface area contributed by atoms with E-state index in [0.717, 1.165) is 12.1 Å². The highest BCUT2D eigenvalue weighted by atomic mass is 19.3. The van der Waals surface area contributed by atoms with E-state index in [9.17, 15) is 18.4 Å². The van der Waals surface area contributed by atoms with E-state index < -0.39 is 23.2 Å². The van der Waals surface area contributed by atoms with Gasteiger partial charge >= 0.3 is 17.7 Å². The Morgan fingerprint density at radius 2 is 1.43 bits per heavy atom. The first-order valence-electron chi connectivity index (χ1n) is 5.90. The molecule has 0 fully saturated rings. The summed E-state index contributed by atoms with van der Waals surface area (Å²) < 4.78 is 32.6. The first-order valence-corrected chi connectivity index (χ1v) is 5.90. The van der Waals surface area contributed by atoms with E-state index in [0.29, 0.717) is 11.5 Å². The molecule has 1 N–H and O–H groups in total. The van der Waals surface area contributed by atoms with Crippen LogP contribution in [0.25, 0.3) is 0 Å². The fourth-order valence-electron chi connectivity index (χ4n) is 1.62. The van der Waals surface area contributed by atoms with Crippen molar-refractivity contribution in [3.05, 3.63) is 60.2 Å². The zero-order chi connectivity index (χ0) is 15.5. The first-order chi connectivity index (χ1) is 9.91. The number of Topliss-reactive ketones (excluding diaryl/α,β-unsaturated/α-hetero) is 1. The number of carboxylic acid groups (broad SMARTS) is 1. The van der Waals surface area contributed by atoms with Crippen molar-refractivity contribution >= 4 is 11.8 Å². The van der Waals surface area contributed by atoms with Crippen LogP contribution in [0.3, 0.4) is 0 Å². The van der Waals surface area contributed by atoms with E-state index in [1.807, 2.05) is 0 Å². The lowest BCUT2D eigenvalue weighted by molar-refractivity contribution is -0.163. The molecule has 0 aliphatic carbocycles. The van der Waals surface area contributed by atoms with Gasteiger partial charge in [-0.1, -0.05) is 18.2 Å². The van der Waals surface area contributed by atoms with Crippen molar-refractivity contribution in [3.63, 3.8) is 0 Å². The molecule has 0 amide bonds. The fraction of sp³-hybridized carbons (Fsp3) is 0.0667. The Bertz CT molecular complexity index is 651. The van der Waals surface area contributed by atoms with E-state index in [-0.39, 0.29) is 0 Å². The van der Waals surface area contributed by atoms with Crippen LogP contribution in [-0.2, 0) is 15.5 Å². The summed E-state index contributed by atoms with van der Waals surface area (Å²) in [6.07, 6.45) is 0. The number of ketones is 1. The molecule has 2 rings (SSSR count). The number of rotatable bonds is 5. The van der Waals surface area contributed by atoms with Crippen LogP contribution in [0.1, 0.15) is 5.56 Å². The lowest BCUT2D eigenvalue weighted by Crippen LogP contribution is -2.32. The van der Waals surface area contributed by atoms with Gasteiger partial charge in [-0.25, -0.2) is 4.79 Å². The second kappa shape index (κ2) is 5.70. The summed E-state index contributed by atoms with van der Waals surface area (Å²) in [7, 11) is 0. The molecule has 0 aliphatic rings. The summed E-state index contributed by atoms with van der Waals surface area (Å²) in [5.41, 5.74) is -0.699. The van der Waals surface area contributed by atoms with Gasteiger partial charge in [-0.15, -0.1) is 0 Å². The second-order valence-electron chi connectivity index (χ2n) is 4.15. The molecule has 4 nitrogen and oxygen atoms in total. The van der Waals surface area contributed by atoms with Gasteiger partial charge in [-0.05, 0) is 36.4 Å². The Kier molecular flexibility index (Phi) is 3.98. The van der Waals surface area contributed by atoms with Gasteiger partial charge in [0.25, 0.3) is 0 Å². The lowest BCUT2D eigenvalue weighted by atomic mass is 10.0. The third kappa shape index (κ3) is 3.22. The molecule has 0 heterocycles. The van der Waals surface area contributed by atoms with Crippen LogP contribution in [0, 0.1) is 0 Å². The number of alkyl halides is 2. The first kappa shape index (κ1) is 14.6. The van der Waals surface area contributed by atoms with Crippen molar-refractivity contribution in [2.24, 2.45) is 0 Å². The number of carbonyl (C=O) groups excluding carboxylic acids is 1. The van der Waals surface area contributed by atoms with Crippen LogP contribution in [-0.4, -0.2) is 16.9 Å². The van der Waals surface area contributed by atoms with Gasteiger partial charge in [0.2, 0.25) is 0 Å². The normalized spacial score (nSPS) is 11.0. The number of hydrogen-bond acceptors (Lipinski definition) is 3. The summed E-state index contributed by atoms with van der Waals surface area (Å²) >= 11 is 0. The van der Waals surface area contributed by atoms with E-state index in [2.05, 4.69) is 0 Å². The van der Waals surface area contributed by atoms with Crippen LogP contribution in [0.4, 0.5) is 8.78 Å². The molecule has 0 bridgehead atoms. The Hall–Kier alpha value is -2.76. The van der Waals surface area contributed by atoms with Crippen LogP contribution < -0.4 is 4.74 Å². The summed E-state index contributed by atoms with van der Waals surface area (Å²) in [6, 6.07) is 13.1. The summed E-state index contributed by atoms with van der Waals surface area (Å²) in [4.78, 5) is 21.3. The van der Waals surface area contributed by atoms with Gasteiger partial charge in [0.1, 0.15) is 11.5 Å². The minimum atomic E-state index is -4.07. The molecule has 2 aromatic carbocycles. The van der Waals surface area contributed by atoms with Gasteiger partial charge in [-0.3, -0.25) is 4.79 Å². The van der Waals surface area contributed by atoms with Crippen molar-refractivity contribution < 1.29 is 28.2 Å². The van der Waals surface area contributed by atoms with E-state index in [1.54, 1.807) is 30.3 Å². The highest BCUT2D eigenvalue weighted by molar-refractivity contribution is 6.35. The van der Waals surface area contributed by atoms with Gasteiger partial charge in [0.15, 0.2) is 0 Å². The number of carbonyl (C=O) groups is 2. The van der Waals surface area contributed by atoms with Crippen molar-refractivity contribution in [1.82, 2.24) is 0 Å². The summed E-state index contributed by atoms with van der Waals surface area (Å²) in [5, 5.41) is 8.37. The molecule has 0 saturated carbocycles. The van der Waals surface area contributed by atoms with Crippen LogP contribution in [0.5, 0.6) is 11.5 Å². The zero-order valence-electron chi connectivity index (χ0n) is 10.6. The van der Waals surface area contributed by atoms with Crippen molar-refractivity contribution in [2.45, 2.75) is 5.92 Å². The topological polar surface area (TPSA) is 63.6 Å². The van der Waals surface area contributed by atoms with Gasteiger partial charge < -0.3 is 9.84 Å². The van der Waals surface area contributed by atoms with Gasteiger partial charge in [0, 0.05) is 5.56 Å². The Morgan fingerprint density at radius 3 is 1.95 bits per heavy atom. The third-order valence-corrected chi connectivity index (χ3v) is 2.68. The number of para-hydroxylation sites is 1. The zero-order valence-corrected chi connectivity index (χ0v) is 10.6. The standard InChI is InChI=1S/C15H10F2O4/c16-15(17,13(18)14(19)20)10-6-8-12(9-7-10)21-11-4-2-1-3-5-11/h1-9H,(H,19,20). The number of halogens is 2. The van der Waals surface area contributed by atoms with Gasteiger partial charge in [0.05, 0.1) is 0 Å². The van der Waals surface area contributed by atoms with Crippen molar-refractivity contribution in [1.29, 1.82) is 0 Å². The van der Waals surface area contributed by atoms with Crippen molar-refractivity contribution in [2.75, 3.05) is 0 Å². The minimum Gasteiger partial charge on any atom is -0.475 e. The molecule has 0 saturated heterocycles. The lowest BCUT2D eigenvalue weighted by Gasteiger charge is -2.13. The maximum absolute atomic E-state index is 13.6. The number of benzene rings is 2. The smallest absolute Gasteiger partial charge is 0.379 e. The van der Waals surface area contributed by atoms with E-state index in [4.69, 9.17) is 9.84 Å². The number of aliphatic carboxylic acids is 1. The van der Waals surface area contributed by atoms with Crippen LogP contribution in [0.15, 0.2) is 54.6 Å². The molecule has 0 aliphatic heterocycles. The predicted octanol–water partition coefficient (Wildman–Crippen LogP) is 3.22. The average molecular weight is 292 g/mol. The van der Waals surface area contributed by atoms with Crippen LogP contribution >= 0.6 is 0 Å². The fourth-order valence-corrected chi connectivity index (χ4v) is 1.62. The molecule has 0 radical (unpaired) electrons. The van der Waals surface area contributed by atoms with Crippen molar-refractivity contribution in [3.8, 4) is 11.5 Å². The molecule has 108 valence electrons. The molecule has 0 atom stereocenters. The maximum Gasteiger partial charge on any atom is 0.379 e. The number of carboxylic acids is 1. The second-order valence-corrected chi connectivity index (χ2v) is 4.15. The molecule has 0 aromatic heterocycles. The SMILES string of the molecule is O=C(O)C(=O)C(F)(F)c1ccc(Oc2ccccc2)cc1. The summed E-state index contributed by atoms with van der Waals surface area (Å²) in [6.45, 7) is 0. The largest absolute Gasteiger partial charge is 0.475 e. The molecule has 6 heteroatoms. The Labute approximate surface area is 118 Å². The maximum atomic E-state index is 13.6. The predicted molar refractivity (Wildman–Crippen MR) is 69.5 cm³/mol. The van der Waals surface area contributed by atoms with E-state index >= 15 is 0 Å². The monoisotopic (exact) mass is 292 g/mol. The summed E-state index contributed by atoms with van der Waals surface area (Å²) in [5.74, 6) is -7.59. The number of ether oxygens (including phenoxy) is 1. The highest BCUT2D eigenvalue weighted by Gasteiger charge is 2.45. The molecule has 0 unspecified atom stereocenters. The third-order valence-electron chi connectivity index (χ3n) is 2.68. The average Bonchev–Trinajstić information content (AvgIpc) is 2.48. The molecule has 21 heavy (non-hydrogen) atoms. The molecular weight excluding hydrogens is 282 g/mol. The van der Waals surface area contributed by atoms with E-state index in [1.165, 1.54) is 12.1 Å². The highest BCUT2D eigenvalue weighted by Crippen LogP contribution is 2.31. The van der Waals surface area contributed by atoms with Gasteiger partial charge in [-0.2, -0.15) is 8.78 Å². The molecule has 2 aromatic rings. The quantitative estimate of drug-likeness (QED) is 0.859. The Morgan fingerprint density at radius 1 is 0.905 bits per heavy atom.